The molecule has 2 heterocycles. The summed E-state index contributed by atoms with van der Waals surface area (Å²) in [5.41, 5.74) is -1.34. The molecular formula is C10H6Cl2F3N3. The summed E-state index contributed by atoms with van der Waals surface area (Å²) in [6.07, 6.45) is -3.17. The molecule has 0 aromatic carbocycles. The van der Waals surface area contributed by atoms with Crippen molar-refractivity contribution in [1.82, 2.24) is 14.8 Å². The van der Waals surface area contributed by atoms with E-state index >= 15 is 0 Å². The molecule has 2 aromatic heterocycles. The van der Waals surface area contributed by atoms with Crippen molar-refractivity contribution in [2.75, 3.05) is 0 Å². The zero-order valence-electron chi connectivity index (χ0n) is 8.75. The van der Waals surface area contributed by atoms with Crippen LogP contribution in [0.25, 0.3) is 5.82 Å². The molecule has 0 aliphatic rings. The number of rotatable bonds is 2. The molecule has 18 heavy (non-hydrogen) atoms. The molecule has 0 amide bonds. The molecule has 0 aliphatic carbocycles. The Bertz CT molecular complexity index is 551. The number of halogens is 5. The Kier molecular flexibility index (Phi) is 3.49. The van der Waals surface area contributed by atoms with Gasteiger partial charge < -0.3 is 0 Å². The van der Waals surface area contributed by atoms with Gasteiger partial charge in [-0.05, 0) is 12.1 Å². The minimum Gasteiger partial charge on any atom is -0.237 e. The lowest BCUT2D eigenvalue weighted by molar-refractivity contribution is -0.141. The van der Waals surface area contributed by atoms with Gasteiger partial charge in [0.25, 0.3) is 0 Å². The lowest BCUT2D eigenvalue weighted by Gasteiger charge is -2.03. The summed E-state index contributed by atoms with van der Waals surface area (Å²) in [4.78, 5) is 3.89. The Morgan fingerprint density at radius 1 is 1.28 bits per heavy atom. The largest absolute Gasteiger partial charge is 0.435 e. The fraction of sp³-hybridized carbons (Fsp3) is 0.200. The van der Waals surface area contributed by atoms with E-state index in [4.69, 9.17) is 23.2 Å². The van der Waals surface area contributed by atoms with Crippen LogP contribution in [0.2, 0.25) is 5.15 Å². The Balaban J connectivity index is 2.61. The molecule has 0 saturated carbocycles. The number of alkyl halides is 4. The molecule has 0 fully saturated rings. The van der Waals surface area contributed by atoms with Crippen LogP contribution in [0.3, 0.4) is 0 Å². The molecule has 0 N–H and O–H groups in total. The molecule has 3 nitrogen and oxygen atoms in total. The molecule has 2 aromatic rings. The van der Waals surface area contributed by atoms with Gasteiger partial charge >= 0.3 is 6.18 Å². The standard InChI is InChI=1S/C10H6Cl2F3N3/c11-5-6-8(10(13,14)15)17-18(9(6)12)7-3-1-2-4-16-7/h1-4H,5H2. The fourth-order valence-electron chi connectivity index (χ4n) is 1.41. The first-order chi connectivity index (χ1) is 8.45. The summed E-state index contributed by atoms with van der Waals surface area (Å²) in [6.45, 7) is 0. The second-order valence-electron chi connectivity index (χ2n) is 3.35. The van der Waals surface area contributed by atoms with Gasteiger partial charge in [-0.2, -0.15) is 18.3 Å². The highest BCUT2D eigenvalue weighted by Crippen LogP contribution is 2.36. The van der Waals surface area contributed by atoms with Crippen molar-refractivity contribution >= 4 is 23.2 Å². The Labute approximate surface area is 110 Å². The van der Waals surface area contributed by atoms with Crippen LogP contribution in [-0.2, 0) is 12.1 Å². The van der Waals surface area contributed by atoms with Crippen molar-refractivity contribution in [2.45, 2.75) is 12.1 Å². The van der Waals surface area contributed by atoms with Gasteiger partial charge in [0.05, 0.1) is 5.88 Å². The lowest BCUT2D eigenvalue weighted by atomic mass is 10.3. The number of hydrogen-bond donors (Lipinski definition) is 0. The summed E-state index contributed by atoms with van der Waals surface area (Å²) in [5.74, 6) is -0.176. The van der Waals surface area contributed by atoms with Crippen LogP contribution < -0.4 is 0 Å². The Morgan fingerprint density at radius 2 is 2.00 bits per heavy atom. The van der Waals surface area contributed by atoms with Crippen LogP contribution in [0.4, 0.5) is 13.2 Å². The smallest absolute Gasteiger partial charge is 0.237 e. The molecule has 0 aliphatic heterocycles. The van der Waals surface area contributed by atoms with E-state index in [0.717, 1.165) is 4.68 Å². The van der Waals surface area contributed by atoms with Gasteiger partial charge in [0.2, 0.25) is 0 Å². The first-order valence-corrected chi connectivity index (χ1v) is 5.68. The average Bonchev–Trinajstić information content (AvgIpc) is 2.67. The second-order valence-corrected chi connectivity index (χ2v) is 3.97. The monoisotopic (exact) mass is 295 g/mol. The van der Waals surface area contributed by atoms with Crippen molar-refractivity contribution in [1.29, 1.82) is 0 Å². The summed E-state index contributed by atoms with van der Waals surface area (Å²) in [5, 5.41) is 3.25. The fourth-order valence-corrected chi connectivity index (χ4v) is 2.01. The van der Waals surface area contributed by atoms with Gasteiger partial charge in [-0.3, -0.25) is 0 Å². The predicted octanol–water partition coefficient (Wildman–Crippen LogP) is 3.68. The number of nitrogens with zero attached hydrogens (tertiary/aromatic N) is 3. The summed E-state index contributed by atoms with van der Waals surface area (Å²) < 4.78 is 39.1. The molecule has 2 rings (SSSR count). The number of hydrogen-bond acceptors (Lipinski definition) is 2. The molecule has 96 valence electrons. The maximum atomic E-state index is 12.7. The predicted molar refractivity (Wildman–Crippen MR) is 60.9 cm³/mol. The van der Waals surface area contributed by atoms with Crippen LogP contribution in [0, 0.1) is 0 Å². The van der Waals surface area contributed by atoms with Gasteiger partial charge in [0, 0.05) is 11.8 Å². The van der Waals surface area contributed by atoms with Gasteiger partial charge in [0.1, 0.15) is 5.15 Å². The van der Waals surface area contributed by atoms with E-state index in [0.29, 0.717) is 0 Å². The van der Waals surface area contributed by atoms with Crippen molar-refractivity contribution in [3.8, 4) is 5.82 Å². The van der Waals surface area contributed by atoms with Crippen LogP contribution in [-0.4, -0.2) is 14.8 Å². The van der Waals surface area contributed by atoms with Gasteiger partial charge in [-0.25, -0.2) is 9.67 Å². The zero-order valence-corrected chi connectivity index (χ0v) is 10.3. The van der Waals surface area contributed by atoms with Gasteiger partial charge in [0.15, 0.2) is 11.5 Å². The van der Waals surface area contributed by atoms with Crippen molar-refractivity contribution in [3.05, 3.63) is 40.8 Å². The maximum Gasteiger partial charge on any atom is 0.435 e. The van der Waals surface area contributed by atoms with E-state index in [-0.39, 0.29) is 22.4 Å². The Morgan fingerprint density at radius 3 is 2.44 bits per heavy atom. The van der Waals surface area contributed by atoms with Crippen LogP contribution in [0.5, 0.6) is 0 Å². The number of aromatic nitrogens is 3. The molecule has 0 radical (unpaired) electrons. The zero-order chi connectivity index (χ0) is 13.3. The van der Waals surface area contributed by atoms with Gasteiger partial charge in [-0.1, -0.05) is 17.7 Å². The van der Waals surface area contributed by atoms with Crippen LogP contribution >= 0.6 is 23.2 Å². The molecule has 0 atom stereocenters. The third kappa shape index (κ3) is 2.30. The van der Waals surface area contributed by atoms with E-state index in [1.165, 1.54) is 12.3 Å². The van der Waals surface area contributed by atoms with E-state index in [1.54, 1.807) is 12.1 Å². The first-order valence-electron chi connectivity index (χ1n) is 4.77. The molecule has 0 bridgehead atoms. The van der Waals surface area contributed by atoms with E-state index in [1.807, 2.05) is 0 Å². The molecule has 0 unspecified atom stereocenters. The SMILES string of the molecule is FC(F)(F)c1nn(-c2ccccn2)c(Cl)c1CCl. The summed E-state index contributed by atoms with van der Waals surface area (Å²) in [6, 6.07) is 4.75. The minimum absolute atomic E-state index is 0.184. The average molecular weight is 296 g/mol. The normalized spacial score (nSPS) is 11.8. The van der Waals surface area contributed by atoms with Crippen molar-refractivity contribution in [3.63, 3.8) is 0 Å². The van der Waals surface area contributed by atoms with E-state index < -0.39 is 11.9 Å². The molecule has 0 saturated heterocycles. The quantitative estimate of drug-likeness (QED) is 0.791. The second kappa shape index (κ2) is 4.78. The van der Waals surface area contributed by atoms with Crippen molar-refractivity contribution < 1.29 is 13.2 Å². The highest BCUT2D eigenvalue weighted by molar-refractivity contribution is 6.31. The van der Waals surface area contributed by atoms with Crippen LogP contribution in [0.15, 0.2) is 24.4 Å². The summed E-state index contributed by atoms with van der Waals surface area (Å²) >= 11 is 11.3. The highest BCUT2D eigenvalue weighted by atomic mass is 35.5. The topological polar surface area (TPSA) is 30.7 Å². The van der Waals surface area contributed by atoms with E-state index in [9.17, 15) is 13.2 Å². The maximum absolute atomic E-state index is 12.7. The lowest BCUT2D eigenvalue weighted by Crippen LogP contribution is -2.09. The highest BCUT2D eigenvalue weighted by Gasteiger charge is 2.39. The number of pyridine rings is 1. The first kappa shape index (κ1) is 13.2. The molecular weight excluding hydrogens is 290 g/mol. The third-order valence-electron chi connectivity index (χ3n) is 2.19. The van der Waals surface area contributed by atoms with Gasteiger partial charge in [-0.15, -0.1) is 11.6 Å². The molecule has 8 heteroatoms. The van der Waals surface area contributed by atoms with Crippen molar-refractivity contribution in [2.24, 2.45) is 0 Å². The minimum atomic E-state index is -4.60. The van der Waals surface area contributed by atoms with E-state index in [2.05, 4.69) is 10.1 Å². The van der Waals surface area contributed by atoms with Crippen LogP contribution in [0.1, 0.15) is 11.3 Å². The third-order valence-corrected chi connectivity index (χ3v) is 2.84. The Hall–Kier alpha value is -1.27. The summed E-state index contributed by atoms with van der Waals surface area (Å²) in [7, 11) is 0. The molecule has 0 spiro atoms.